The number of hydrogen-bond donors (Lipinski definition) is 3. The monoisotopic (exact) mass is 421 g/mol. The van der Waals surface area contributed by atoms with Crippen LogP contribution in [0.4, 0.5) is 4.39 Å². The maximum absolute atomic E-state index is 13.5. The molecule has 0 aromatic heterocycles. The molecule has 3 heterocycles. The van der Waals surface area contributed by atoms with Crippen LogP contribution in [0.25, 0.3) is 0 Å². The Morgan fingerprint density at radius 3 is 2.22 bits per heavy atom. The molecule has 4 fully saturated rings. The number of nitrogens with zero attached hydrogens (tertiary/aromatic N) is 2. The summed E-state index contributed by atoms with van der Waals surface area (Å²) in [6.07, 6.45) is 2.95. The van der Waals surface area contributed by atoms with Crippen molar-refractivity contribution in [3.05, 3.63) is 0 Å². The highest BCUT2D eigenvalue weighted by Crippen LogP contribution is 2.32. The SMILES string of the molecule is FC1CCC(C2NNCC2CN2CCN(C3C(Cl)CNCC3Cl)CC2)CC1. The summed E-state index contributed by atoms with van der Waals surface area (Å²) >= 11 is 13.1. The summed E-state index contributed by atoms with van der Waals surface area (Å²) in [6.45, 7) is 8.08. The van der Waals surface area contributed by atoms with E-state index in [4.69, 9.17) is 23.2 Å². The van der Waals surface area contributed by atoms with Crippen molar-refractivity contribution >= 4 is 23.2 Å². The average molecular weight is 422 g/mol. The second-order valence-corrected chi connectivity index (χ2v) is 9.96. The molecule has 4 unspecified atom stereocenters. The van der Waals surface area contributed by atoms with Gasteiger partial charge in [-0.2, -0.15) is 0 Å². The lowest BCUT2D eigenvalue weighted by Gasteiger charge is -2.45. The van der Waals surface area contributed by atoms with Crippen molar-refractivity contribution in [2.75, 3.05) is 52.4 Å². The Labute approximate surface area is 172 Å². The lowest BCUT2D eigenvalue weighted by molar-refractivity contribution is 0.0715. The van der Waals surface area contributed by atoms with Crippen LogP contribution >= 0.6 is 23.2 Å². The molecular weight excluding hydrogens is 388 g/mol. The minimum Gasteiger partial charge on any atom is -0.314 e. The van der Waals surface area contributed by atoms with Crippen molar-refractivity contribution in [1.82, 2.24) is 26.0 Å². The number of hydrogen-bond acceptors (Lipinski definition) is 5. The average Bonchev–Trinajstić information content (AvgIpc) is 3.12. The van der Waals surface area contributed by atoms with Gasteiger partial charge in [0.2, 0.25) is 0 Å². The summed E-state index contributed by atoms with van der Waals surface area (Å²) in [6, 6.07) is 0.759. The molecule has 0 aromatic carbocycles. The van der Waals surface area contributed by atoms with Crippen molar-refractivity contribution < 1.29 is 4.39 Å². The van der Waals surface area contributed by atoms with Crippen LogP contribution < -0.4 is 16.2 Å². The predicted molar refractivity (Wildman–Crippen MR) is 109 cm³/mol. The van der Waals surface area contributed by atoms with E-state index >= 15 is 0 Å². The summed E-state index contributed by atoms with van der Waals surface area (Å²) in [5.41, 5.74) is 6.87. The van der Waals surface area contributed by atoms with Gasteiger partial charge >= 0.3 is 0 Å². The zero-order valence-electron chi connectivity index (χ0n) is 16.1. The molecule has 0 bridgehead atoms. The largest absolute Gasteiger partial charge is 0.314 e. The first kappa shape index (κ1) is 20.6. The van der Waals surface area contributed by atoms with E-state index in [1.165, 1.54) is 0 Å². The van der Waals surface area contributed by atoms with Crippen LogP contribution in [-0.4, -0.2) is 91.2 Å². The van der Waals surface area contributed by atoms with Gasteiger partial charge in [-0.3, -0.25) is 15.8 Å². The molecule has 156 valence electrons. The third kappa shape index (κ3) is 4.90. The third-order valence-corrected chi connectivity index (χ3v) is 7.92. The number of piperidine rings is 1. The Bertz CT molecular complexity index is 461. The number of piperazine rings is 1. The number of rotatable bonds is 4. The van der Waals surface area contributed by atoms with Crippen LogP contribution in [-0.2, 0) is 0 Å². The number of alkyl halides is 3. The molecule has 8 heteroatoms. The van der Waals surface area contributed by atoms with Crippen molar-refractivity contribution in [2.45, 2.75) is 54.7 Å². The van der Waals surface area contributed by atoms with E-state index in [9.17, 15) is 4.39 Å². The molecule has 4 atom stereocenters. The Morgan fingerprint density at radius 1 is 0.889 bits per heavy atom. The van der Waals surface area contributed by atoms with Crippen LogP contribution in [0, 0.1) is 11.8 Å². The predicted octanol–water partition coefficient (Wildman–Crippen LogP) is 1.41. The molecule has 0 aromatic rings. The summed E-state index contributed by atoms with van der Waals surface area (Å²) in [5, 5.41) is 3.49. The first-order chi connectivity index (χ1) is 13.1. The molecule has 27 heavy (non-hydrogen) atoms. The van der Waals surface area contributed by atoms with E-state index in [1.807, 2.05) is 0 Å². The maximum Gasteiger partial charge on any atom is 0.100 e. The van der Waals surface area contributed by atoms with Gasteiger partial charge in [0.05, 0.1) is 10.8 Å². The third-order valence-electron chi connectivity index (χ3n) is 7.09. The van der Waals surface area contributed by atoms with Gasteiger partial charge in [-0.25, -0.2) is 4.39 Å². The molecule has 5 nitrogen and oxygen atoms in total. The van der Waals surface area contributed by atoms with E-state index in [0.717, 1.165) is 78.0 Å². The summed E-state index contributed by atoms with van der Waals surface area (Å²) < 4.78 is 13.5. The van der Waals surface area contributed by atoms with Gasteiger partial charge in [-0.15, -0.1) is 23.2 Å². The topological polar surface area (TPSA) is 42.6 Å². The fourth-order valence-electron chi connectivity index (χ4n) is 5.53. The molecule has 3 aliphatic heterocycles. The molecule has 4 aliphatic rings. The minimum absolute atomic E-state index is 0.0889. The molecule has 0 amide bonds. The first-order valence-corrected chi connectivity index (χ1v) is 11.6. The van der Waals surface area contributed by atoms with E-state index in [0.29, 0.717) is 17.9 Å². The molecule has 1 saturated carbocycles. The van der Waals surface area contributed by atoms with Crippen LogP contribution in [0.3, 0.4) is 0 Å². The van der Waals surface area contributed by atoms with E-state index < -0.39 is 6.17 Å². The fraction of sp³-hybridized carbons (Fsp3) is 1.00. The van der Waals surface area contributed by atoms with Crippen molar-refractivity contribution in [2.24, 2.45) is 11.8 Å². The van der Waals surface area contributed by atoms with Gasteiger partial charge in [0.15, 0.2) is 0 Å². The zero-order chi connectivity index (χ0) is 18.8. The highest BCUT2D eigenvalue weighted by molar-refractivity contribution is 6.25. The zero-order valence-corrected chi connectivity index (χ0v) is 17.6. The lowest BCUT2D eigenvalue weighted by Crippen LogP contribution is -2.61. The first-order valence-electron chi connectivity index (χ1n) is 10.7. The van der Waals surface area contributed by atoms with E-state index in [1.54, 1.807) is 0 Å². The second-order valence-electron chi connectivity index (χ2n) is 8.84. The normalized spacial score (nSPS) is 45.2. The summed E-state index contributed by atoms with van der Waals surface area (Å²) in [7, 11) is 0. The van der Waals surface area contributed by atoms with Crippen LogP contribution in [0.5, 0.6) is 0 Å². The van der Waals surface area contributed by atoms with Gasteiger partial charge in [-0.05, 0) is 31.6 Å². The van der Waals surface area contributed by atoms with Gasteiger partial charge in [0, 0.05) is 70.4 Å². The van der Waals surface area contributed by atoms with E-state index in [2.05, 4.69) is 26.0 Å². The Kier molecular flexibility index (Phi) is 7.18. The van der Waals surface area contributed by atoms with Crippen molar-refractivity contribution in [3.63, 3.8) is 0 Å². The molecule has 0 radical (unpaired) electrons. The Hall–Kier alpha value is 0.310. The number of hydrazine groups is 1. The van der Waals surface area contributed by atoms with Gasteiger partial charge < -0.3 is 10.2 Å². The van der Waals surface area contributed by atoms with Gasteiger partial charge in [0.25, 0.3) is 0 Å². The van der Waals surface area contributed by atoms with Crippen LogP contribution in [0.15, 0.2) is 0 Å². The van der Waals surface area contributed by atoms with Gasteiger partial charge in [-0.1, -0.05) is 0 Å². The second kappa shape index (κ2) is 9.41. The number of nitrogens with one attached hydrogen (secondary N) is 3. The molecule has 0 spiro atoms. The highest BCUT2D eigenvalue weighted by atomic mass is 35.5. The van der Waals surface area contributed by atoms with Crippen molar-refractivity contribution in [1.29, 1.82) is 0 Å². The fourth-order valence-corrected chi connectivity index (χ4v) is 6.49. The maximum atomic E-state index is 13.5. The van der Waals surface area contributed by atoms with Crippen LogP contribution in [0.1, 0.15) is 25.7 Å². The molecular formula is C19H34Cl2FN5. The quantitative estimate of drug-likeness (QED) is 0.598. The number of halogens is 3. The minimum atomic E-state index is -0.575. The lowest BCUT2D eigenvalue weighted by atomic mass is 9.79. The highest BCUT2D eigenvalue weighted by Gasteiger charge is 2.39. The smallest absolute Gasteiger partial charge is 0.100 e. The molecule has 1 aliphatic carbocycles. The van der Waals surface area contributed by atoms with Crippen LogP contribution in [0.2, 0.25) is 0 Å². The molecule has 3 N–H and O–H groups in total. The van der Waals surface area contributed by atoms with Crippen molar-refractivity contribution in [3.8, 4) is 0 Å². The summed E-state index contributed by atoms with van der Waals surface area (Å²) in [4.78, 5) is 5.09. The Morgan fingerprint density at radius 2 is 1.56 bits per heavy atom. The van der Waals surface area contributed by atoms with E-state index in [-0.39, 0.29) is 16.8 Å². The molecule has 3 saturated heterocycles. The summed E-state index contributed by atoms with van der Waals surface area (Å²) in [5.74, 6) is 1.22. The van der Waals surface area contributed by atoms with Gasteiger partial charge in [0.1, 0.15) is 6.17 Å². The standard InChI is InChI=1S/C19H34Cl2FN5/c20-16-10-23-11-17(21)19(16)27-7-5-26(6-8-27)12-14-9-24-25-18(14)13-1-3-15(22)4-2-13/h13-19,23-25H,1-12H2. The Balaban J connectivity index is 1.26. The molecule has 4 rings (SSSR count).